The largest absolute Gasteiger partial charge is 0.327 e. The van der Waals surface area contributed by atoms with Crippen LogP contribution in [0.3, 0.4) is 0 Å². The summed E-state index contributed by atoms with van der Waals surface area (Å²) < 4.78 is 0. The van der Waals surface area contributed by atoms with Gasteiger partial charge in [0.05, 0.1) is 0 Å². The Morgan fingerprint density at radius 2 is 1.25 bits per heavy atom. The Labute approximate surface area is 154 Å². The summed E-state index contributed by atoms with van der Waals surface area (Å²) in [6.45, 7) is 4.56. The van der Waals surface area contributed by atoms with Crippen LogP contribution in [0.5, 0.6) is 0 Å². The van der Waals surface area contributed by atoms with Gasteiger partial charge < -0.3 is 5.73 Å². The molecule has 0 aliphatic carbocycles. The fourth-order valence-electron chi connectivity index (χ4n) is 3.42. The van der Waals surface area contributed by atoms with E-state index in [1.165, 1.54) is 43.2 Å². The Morgan fingerprint density at radius 3 is 1.71 bits per heavy atom. The van der Waals surface area contributed by atoms with Crippen LogP contribution < -0.4 is 5.73 Å². The Bertz CT molecular complexity index is 513. The maximum Gasteiger partial charge on any atom is 0.0325 e. The molecule has 1 nitrogen and oxygen atoms in total. The topological polar surface area (TPSA) is 26.0 Å². The van der Waals surface area contributed by atoms with E-state index in [0.717, 1.165) is 6.42 Å². The first-order valence-corrected chi connectivity index (χ1v) is 9.06. The van der Waals surface area contributed by atoms with E-state index >= 15 is 0 Å². The van der Waals surface area contributed by atoms with Crippen molar-refractivity contribution in [1.29, 1.82) is 0 Å². The Kier molecular flexibility index (Phi) is 9.10. The van der Waals surface area contributed by atoms with E-state index in [4.69, 9.17) is 5.73 Å². The van der Waals surface area contributed by atoms with Crippen LogP contribution in [0.4, 0.5) is 0 Å². The molecule has 2 heteroatoms. The fourth-order valence-corrected chi connectivity index (χ4v) is 3.42. The van der Waals surface area contributed by atoms with Gasteiger partial charge in [0.15, 0.2) is 0 Å². The average molecular weight is 346 g/mol. The summed E-state index contributed by atoms with van der Waals surface area (Å²) >= 11 is 0. The van der Waals surface area contributed by atoms with Crippen molar-refractivity contribution in [2.75, 3.05) is 0 Å². The van der Waals surface area contributed by atoms with E-state index in [9.17, 15) is 0 Å². The molecule has 1 atom stereocenters. The molecule has 2 aromatic rings. The number of unbranched alkanes of at least 4 members (excludes halogenated alkanes) is 4. The summed E-state index contributed by atoms with van der Waals surface area (Å²) in [5.74, 6) is 0. The van der Waals surface area contributed by atoms with Gasteiger partial charge in [-0.05, 0) is 24.5 Å². The Morgan fingerprint density at radius 1 is 0.792 bits per heavy atom. The highest BCUT2D eigenvalue weighted by molar-refractivity contribution is 5.85. The van der Waals surface area contributed by atoms with E-state index in [1.807, 2.05) is 0 Å². The van der Waals surface area contributed by atoms with E-state index in [1.54, 1.807) is 0 Å². The lowest BCUT2D eigenvalue weighted by molar-refractivity contribution is 0.402. The molecule has 132 valence electrons. The minimum Gasteiger partial charge on any atom is -0.327 e. The van der Waals surface area contributed by atoms with Crippen molar-refractivity contribution in [3.8, 4) is 0 Å². The molecule has 0 amide bonds. The van der Waals surface area contributed by atoms with E-state index in [0.29, 0.717) is 0 Å². The highest BCUT2D eigenvalue weighted by Crippen LogP contribution is 2.36. The monoisotopic (exact) mass is 345 g/mol. The average Bonchev–Trinajstić information content (AvgIpc) is 2.62. The molecule has 24 heavy (non-hydrogen) atoms. The highest BCUT2D eigenvalue weighted by Gasteiger charge is 2.34. The van der Waals surface area contributed by atoms with Gasteiger partial charge in [-0.15, -0.1) is 12.4 Å². The molecule has 0 radical (unpaired) electrons. The zero-order valence-electron chi connectivity index (χ0n) is 15.1. The zero-order chi connectivity index (χ0) is 16.5. The number of halogens is 1. The number of rotatable bonds is 9. The quantitative estimate of drug-likeness (QED) is 0.546. The van der Waals surface area contributed by atoms with Gasteiger partial charge in [0, 0.05) is 11.5 Å². The van der Waals surface area contributed by atoms with Crippen LogP contribution in [0, 0.1) is 0 Å². The van der Waals surface area contributed by atoms with Crippen LogP contribution in [0.15, 0.2) is 60.7 Å². The molecule has 0 bridgehead atoms. The molecule has 2 N–H and O–H groups in total. The normalized spacial score (nSPS) is 12.5. The third-order valence-electron chi connectivity index (χ3n) is 5.11. The van der Waals surface area contributed by atoms with E-state index < -0.39 is 0 Å². The third-order valence-corrected chi connectivity index (χ3v) is 5.11. The van der Waals surface area contributed by atoms with Gasteiger partial charge in [-0.1, -0.05) is 99.7 Å². The molecule has 0 heterocycles. The number of hydrogen-bond acceptors (Lipinski definition) is 1. The molecule has 0 saturated carbocycles. The van der Waals surface area contributed by atoms with Gasteiger partial charge in [0.2, 0.25) is 0 Å². The maximum atomic E-state index is 6.73. The maximum absolute atomic E-state index is 6.73. The first kappa shape index (κ1) is 20.7. The van der Waals surface area contributed by atoms with Gasteiger partial charge in [-0.2, -0.15) is 0 Å². The van der Waals surface area contributed by atoms with Crippen LogP contribution in [0.2, 0.25) is 0 Å². The second kappa shape index (κ2) is 10.5. The molecular formula is C22H32ClN. The molecule has 0 fully saturated rings. The predicted molar refractivity (Wildman–Crippen MR) is 108 cm³/mol. The molecule has 2 aromatic carbocycles. The molecule has 0 aliphatic rings. The summed E-state index contributed by atoms with van der Waals surface area (Å²) in [5.41, 5.74) is 9.22. The molecule has 2 rings (SSSR count). The number of benzene rings is 2. The third kappa shape index (κ3) is 5.09. The minimum atomic E-state index is -0.132. The van der Waals surface area contributed by atoms with Gasteiger partial charge >= 0.3 is 0 Å². The van der Waals surface area contributed by atoms with Gasteiger partial charge in [0.25, 0.3) is 0 Å². The van der Waals surface area contributed by atoms with Crippen LogP contribution in [-0.4, -0.2) is 6.04 Å². The van der Waals surface area contributed by atoms with Crippen molar-refractivity contribution in [3.05, 3.63) is 71.8 Å². The molecule has 0 aromatic heterocycles. The summed E-state index contributed by atoms with van der Waals surface area (Å²) in [6.07, 6.45) is 7.54. The van der Waals surface area contributed by atoms with E-state index in [-0.39, 0.29) is 23.9 Å². The summed E-state index contributed by atoms with van der Waals surface area (Å²) in [4.78, 5) is 0. The van der Waals surface area contributed by atoms with Crippen molar-refractivity contribution in [1.82, 2.24) is 0 Å². The number of nitrogens with two attached hydrogens (primary N) is 1. The van der Waals surface area contributed by atoms with Crippen LogP contribution in [0.1, 0.15) is 63.5 Å². The summed E-state index contributed by atoms with van der Waals surface area (Å²) in [6, 6.07) is 21.6. The zero-order valence-corrected chi connectivity index (χ0v) is 15.9. The summed E-state index contributed by atoms with van der Waals surface area (Å²) in [5, 5.41) is 0. The molecule has 0 saturated heterocycles. The Hall–Kier alpha value is -1.31. The van der Waals surface area contributed by atoms with Crippen molar-refractivity contribution >= 4 is 12.4 Å². The van der Waals surface area contributed by atoms with Crippen molar-refractivity contribution < 1.29 is 0 Å². The van der Waals surface area contributed by atoms with Crippen LogP contribution >= 0.6 is 12.4 Å². The second-order valence-corrected chi connectivity index (χ2v) is 6.74. The summed E-state index contributed by atoms with van der Waals surface area (Å²) in [7, 11) is 0. The number of hydrogen-bond donors (Lipinski definition) is 1. The molecule has 1 unspecified atom stereocenters. The Balaban J connectivity index is 0.00000288. The second-order valence-electron chi connectivity index (χ2n) is 6.74. The molecular weight excluding hydrogens is 314 g/mol. The smallest absolute Gasteiger partial charge is 0.0325 e. The van der Waals surface area contributed by atoms with Crippen LogP contribution in [-0.2, 0) is 5.41 Å². The lowest BCUT2D eigenvalue weighted by atomic mass is 9.69. The lowest BCUT2D eigenvalue weighted by Gasteiger charge is -2.37. The van der Waals surface area contributed by atoms with Gasteiger partial charge in [-0.3, -0.25) is 0 Å². The first-order chi connectivity index (χ1) is 11.2. The minimum absolute atomic E-state index is 0. The predicted octanol–water partition coefficient (Wildman–Crippen LogP) is 6.10. The molecule has 0 spiro atoms. The fraction of sp³-hybridized carbons (Fsp3) is 0.455. The highest BCUT2D eigenvalue weighted by atomic mass is 35.5. The van der Waals surface area contributed by atoms with Crippen molar-refractivity contribution in [3.63, 3.8) is 0 Å². The van der Waals surface area contributed by atoms with Crippen molar-refractivity contribution in [2.24, 2.45) is 5.73 Å². The van der Waals surface area contributed by atoms with Gasteiger partial charge in [-0.25, -0.2) is 0 Å². The van der Waals surface area contributed by atoms with Crippen LogP contribution in [0.25, 0.3) is 0 Å². The van der Waals surface area contributed by atoms with Crippen molar-refractivity contribution in [2.45, 2.75) is 63.8 Å². The van der Waals surface area contributed by atoms with Gasteiger partial charge in [0.1, 0.15) is 0 Å². The SMILES string of the molecule is CCCCCCCC(N)C(C)(c1ccccc1)c1ccccc1.Cl. The standard InChI is InChI=1S/C22H31N.ClH/c1-3-4-5-6-13-18-21(23)22(2,19-14-9-7-10-15-19)20-16-11-8-12-17-20;/h7-12,14-17,21H,3-6,13,18,23H2,1-2H3;1H. The first-order valence-electron chi connectivity index (χ1n) is 9.06. The molecule has 0 aliphatic heterocycles. The lowest BCUT2D eigenvalue weighted by Crippen LogP contribution is -2.44. The van der Waals surface area contributed by atoms with E-state index in [2.05, 4.69) is 74.5 Å².